The van der Waals surface area contributed by atoms with Crippen molar-refractivity contribution in [1.29, 1.82) is 0 Å². The highest BCUT2D eigenvalue weighted by atomic mass is 127. The van der Waals surface area contributed by atoms with E-state index in [2.05, 4.69) is 32.1 Å². The molecule has 0 fully saturated rings. The van der Waals surface area contributed by atoms with Crippen LogP contribution < -0.4 is 9.47 Å². The zero-order valence-electron chi connectivity index (χ0n) is 18.1. The third-order valence-electron chi connectivity index (χ3n) is 4.61. The molecule has 0 unspecified atom stereocenters. The normalized spacial score (nSPS) is 12.7. The Morgan fingerprint density at radius 2 is 1.55 bits per heavy atom. The molecule has 0 atom stereocenters. The predicted octanol–water partition coefficient (Wildman–Crippen LogP) is 7.38. The van der Waals surface area contributed by atoms with Crippen LogP contribution in [0.1, 0.15) is 31.4 Å². The summed E-state index contributed by atoms with van der Waals surface area (Å²) in [6.07, 6.45) is -10.9. The summed E-state index contributed by atoms with van der Waals surface area (Å²) in [6.45, 7) is 2.76. The first-order valence-electron chi connectivity index (χ1n) is 9.91. The molecule has 0 amide bonds. The maximum Gasteiger partial charge on any atom is 0.430 e. The summed E-state index contributed by atoms with van der Waals surface area (Å²) in [6, 6.07) is 7.58. The number of hydrogen-bond acceptors (Lipinski definition) is 4. The molecule has 0 saturated carbocycles. The Kier molecular flexibility index (Phi) is 9.28. The minimum atomic E-state index is -5.79. The molecule has 0 radical (unpaired) electrons. The fraction of sp³-hybridized carbons (Fsp3) is 0.455. The van der Waals surface area contributed by atoms with Crippen LogP contribution in [0.2, 0.25) is 0 Å². The van der Waals surface area contributed by atoms with E-state index in [4.69, 9.17) is 9.47 Å². The molecule has 0 bridgehead atoms. The number of ether oxygens (including phenoxy) is 4. The molecule has 2 aromatic carbocycles. The van der Waals surface area contributed by atoms with Gasteiger partial charge in [-0.1, -0.05) is 19.4 Å². The monoisotopic (exact) mass is 592 g/mol. The van der Waals surface area contributed by atoms with Gasteiger partial charge in [-0.15, -0.1) is 0 Å². The van der Waals surface area contributed by atoms with E-state index in [9.17, 15) is 26.3 Å². The molecule has 11 heteroatoms. The molecule has 0 aliphatic carbocycles. The average molecular weight is 592 g/mol. The van der Waals surface area contributed by atoms with Crippen molar-refractivity contribution < 1.29 is 45.3 Å². The summed E-state index contributed by atoms with van der Waals surface area (Å²) in [5.41, 5.74) is -5.49. The van der Waals surface area contributed by atoms with Crippen LogP contribution in [0.4, 0.5) is 26.3 Å². The van der Waals surface area contributed by atoms with Crippen LogP contribution in [0.5, 0.6) is 17.2 Å². The number of rotatable bonds is 10. The Labute approximate surface area is 201 Å². The smallest absolute Gasteiger partial charge is 0.430 e. The second-order valence-corrected chi connectivity index (χ2v) is 8.09. The molecule has 184 valence electrons. The lowest BCUT2D eigenvalue weighted by Gasteiger charge is -2.37. The molecule has 0 heterocycles. The van der Waals surface area contributed by atoms with Crippen LogP contribution in [-0.4, -0.2) is 32.9 Å². The van der Waals surface area contributed by atoms with Gasteiger partial charge in [0.1, 0.15) is 24.0 Å². The van der Waals surface area contributed by atoms with Gasteiger partial charge in [0, 0.05) is 18.7 Å². The molecule has 0 aliphatic heterocycles. The predicted molar refractivity (Wildman–Crippen MR) is 118 cm³/mol. The zero-order valence-corrected chi connectivity index (χ0v) is 20.2. The number of alkyl halides is 6. The Morgan fingerprint density at radius 1 is 0.879 bits per heavy atom. The van der Waals surface area contributed by atoms with E-state index in [0.29, 0.717) is 30.6 Å². The maximum absolute atomic E-state index is 13.9. The average Bonchev–Trinajstić information content (AvgIpc) is 2.71. The second kappa shape index (κ2) is 11.1. The van der Waals surface area contributed by atoms with Crippen LogP contribution in [0.25, 0.3) is 0 Å². The van der Waals surface area contributed by atoms with E-state index >= 15 is 0 Å². The van der Waals surface area contributed by atoms with Crippen LogP contribution in [0.15, 0.2) is 36.4 Å². The number of halogens is 7. The van der Waals surface area contributed by atoms with Crippen molar-refractivity contribution in [1.82, 2.24) is 0 Å². The summed E-state index contributed by atoms with van der Waals surface area (Å²) in [7, 11) is 0.939. The first-order valence-corrected chi connectivity index (χ1v) is 11.0. The minimum absolute atomic E-state index is 0.134. The highest BCUT2D eigenvalue weighted by Gasteiger charge is 2.73. The molecule has 4 nitrogen and oxygen atoms in total. The highest BCUT2D eigenvalue weighted by molar-refractivity contribution is 14.1. The standard InChI is InChI=1S/C22H23F6IO4/c1-4-6-14-11-15(20(21(23,24)25,22(26,27)28)32-13-30-3)7-10-18(14)33-16-8-9-17(29)19(12-16)31-5-2/h7-12H,4-6,13H2,1-3H3. The van der Waals surface area contributed by atoms with Crippen molar-refractivity contribution in [2.45, 2.75) is 44.6 Å². The molecule has 0 N–H and O–H groups in total. The van der Waals surface area contributed by atoms with E-state index in [1.54, 1.807) is 32.0 Å². The van der Waals surface area contributed by atoms with Gasteiger partial charge in [0.15, 0.2) is 0 Å². The number of hydrogen-bond donors (Lipinski definition) is 0. The molecule has 2 rings (SSSR count). The molecule has 0 saturated heterocycles. The van der Waals surface area contributed by atoms with Gasteiger partial charge in [-0.25, -0.2) is 0 Å². The lowest BCUT2D eigenvalue weighted by atomic mass is 9.89. The summed E-state index contributed by atoms with van der Waals surface area (Å²) < 4.78 is 104. The van der Waals surface area contributed by atoms with Gasteiger partial charge < -0.3 is 18.9 Å². The van der Waals surface area contributed by atoms with Crippen LogP contribution >= 0.6 is 22.6 Å². The second-order valence-electron chi connectivity index (χ2n) is 6.93. The molecular weight excluding hydrogens is 569 g/mol. The van der Waals surface area contributed by atoms with Gasteiger partial charge in [-0.3, -0.25) is 0 Å². The quantitative estimate of drug-likeness (QED) is 0.164. The van der Waals surface area contributed by atoms with Crippen molar-refractivity contribution in [3.8, 4) is 17.2 Å². The van der Waals surface area contributed by atoms with Crippen LogP contribution in [-0.2, 0) is 21.5 Å². The summed E-state index contributed by atoms with van der Waals surface area (Å²) in [5, 5.41) is 0. The summed E-state index contributed by atoms with van der Waals surface area (Å²) in [5.74, 6) is 1.01. The fourth-order valence-electron chi connectivity index (χ4n) is 3.19. The number of benzene rings is 2. The van der Waals surface area contributed by atoms with E-state index in [1.165, 1.54) is 0 Å². The molecule has 33 heavy (non-hydrogen) atoms. The highest BCUT2D eigenvalue weighted by Crippen LogP contribution is 2.53. The van der Waals surface area contributed by atoms with Gasteiger partial charge in [0.05, 0.1) is 10.2 Å². The van der Waals surface area contributed by atoms with E-state index in [0.717, 1.165) is 22.8 Å². The fourth-order valence-corrected chi connectivity index (χ4v) is 3.68. The Hall–Kier alpha value is -1.73. The first kappa shape index (κ1) is 27.5. The largest absolute Gasteiger partial charge is 0.493 e. The van der Waals surface area contributed by atoms with Gasteiger partial charge in [-0.2, -0.15) is 26.3 Å². The van der Waals surface area contributed by atoms with Crippen molar-refractivity contribution in [3.63, 3.8) is 0 Å². The lowest BCUT2D eigenvalue weighted by Crippen LogP contribution is -2.56. The van der Waals surface area contributed by atoms with E-state index < -0.39 is 30.3 Å². The Morgan fingerprint density at radius 3 is 2.09 bits per heavy atom. The third-order valence-corrected chi connectivity index (χ3v) is 5.50. The molecule has 0 spiro atoms. The maximum atomic E-state index is 13.9. The van der Waals surface area contributed by atoms with Crippen molar-refractivity contribution in [2.75, 3.05) is 20.5 Å². The topological polar surface area (TPSA) is 36.9 Å². The number of aryl methyl sites for hydroxylation is 1. The minimum Gasteiger partial charge on any atom is -0.493 e. The Bertz CT molecular complexity index is 916. The van der Waals surface area contributed by atoms with Crippen LogP contribution in [0, 0.1) is 3.57 Å². The van der Waals surface area contributed by atoms with Gasteiger partial charge in [0.25, 0.3) is 5.60 Å². The first-order chi connectivity index (χ1) is 15.4. The van der Waals surface area contributed by atoms with Crippen molar-refractivity contribution >= 4 is 22.6 Å². The number of methoxy groups -OCH3 is 1. The molecule has 0 aliphatic rings. The molecule has 0 aromatic heterocycles. The summed E-state index contributed by atoms with van der Waals surface area (Å²) >= 11 is 2.07. The van der Waals surface area contributed by atoms with E-state index in [-0.39, 0.29) is 17.7 Å². The summed E-state index contributed by atoms with van der Waals surface area (Å²) in [4.78, 5) is 0. The molecule has 2 aromatic rings. The van der Waals surface area contributed by atoms with E-state index in [1.807, 2.05) is 0 Å². The van der Waals surface area contributed by atoms with Crippen molar-refractivity contribution in [3.05, 3.63) is 51.1 Å². The van der Waals surface area contributed by atoms with Crippen molar-refractivity contribution in [2.24, 2.45) is 0 Å². The lowest BCUT2D eigenvalue weighted by molar-refractivity contribution is -0.400. The van der Waals surface area contributed by atoms with Gasteiger partial charge >= 0.3 is 12.4 Å². The van der Waals surface area contributed by atoms with Gasteiger partial charge in [0.2, 0.25) is 0 Å². The SMILES string of the molecule is CCCc1cc(C(OCOC)(C(F)(F)F)C(F)(F)F)ccc1Oc1ccc(I)c(OCC)c1. The van der Waals surface area contributed by atoms with Crippen LogP contribution in [0.3, 0.4) is 0 Å². The Balaban J connectivity index is 2.59. The third kappa shape index (κ3) is 6.04. The van der Waals surface area contributed by atoms with Gasteiger partial charge in [-0.05, 0) is 65.8 Å². The zero-order chi connectivity index (χ0) is 24.9. The molecular formula is C22H23F6IO4.